The van der Waals surface area contributed by atoms with Crippen molar-refractivity contribution in [1.29, 1.82) is 0 Å². The maximum absolute atomic E-state index is 3.77. The Balaban J connectivity index is 1.61. The predicted octanol–water partition coefficient (Wildman–Crippen LogP) is 3.46. The summed E-state index contributed by atoms with van der Waals surface area (Å²) in [5, 5.41) is 3.77. The first-order valence-electron chi connectivity index (χ1n) is 7.96. The smallest absolute Gasteiger partial charge is 0.0345 e. The number of benzene rings is 1. The summed E-state index contributed by atoms with van der Waals surface area (Å²) >= 11 is 0. The summed E-state index contributed by atoms with van der Waals surface area (Å²) < 4.78 is 0. The summed E-state index contributed by atoms with van der Waals surface area (Å²) in [6.45, 7) is 6.00. The Labute approximate surface area is 117 Å². The Morgan fingerprint density at radius 2 is 2.00 bits per heavy atom. The first-order chi connectivity index (χ1) is 9.35. The van der Waals surface area contributed by atoms with Crippen LogP contribution >= 0.6 is 0 Å². The third kappa shape index (κ3) is 3.11. The highest BCUT2D eigenvalue weighted by atomic mass is 15.1. The Kier molecular flexibility index (Phi) is 4.07. The van der Waals surface area contributed by atoms with E-state index in [-0.39, 0.29) is 0 Å². The lowest BCUT2D eigenvalue weighted by Crippen LogP contribution is -2.26. The standard InChI is InChI=1S/C17H26N2/c1-2-19-11-4-7-16(10-12-19)18-17-9-8-14-5-3-6-15(14)13-17/h8-9,13,16,18H,2-7,10-12H2,1H3. The van der Waals surface area contributed by atoms with Gasteiger partial charge in [-0.05, 0) is 74.9 Å². The molecule has 1 aliphatic heterocycles. The Morgan fingerprint density at radius 1 is 1.11 bits per heavy atom. The van der Waals surface area contributed by atoms with Crippen LogP contribution in [0.15, 0.2) is 18.2 Å². The molecule has 0 amide bonds. The number of hydrogen-bond donors (Lipinski definition) is 1. The second-order valence-electron chi connectivity index (χ2n) is 6.04. The van der Waals surface area contributed by atoms with Crippen molar-refractivity contribution in [2.45, 2.75) is 51.5 Å². The van der Waals surface area contributed by atoms with Crippen LogP contribution in [0.25, 0.3) is 0 Å². The minimum atomic E-state index is 0.663. The van der Waals surface area contributed by atoms with Crippen LogP contribution in [-0.4, -0.2) is 30.6 Å². The second-order valence-corrected chi connectivity index (χ2v) is 6.04. The maximum atomic E-state index is 3.77. The SMILES string of the molecule is CCN1CCCC(Nc2ccc3c(c2)CCC3)CC1. The van der Waals surface area contributed by atoms with Gasteiger partial charge in [-0.1, -0.05) is 13.0 Å². The number of nitrogens with zero attached hydrogens (tertiary/aromatic N) is 1. The van der Waals surface area contributed by atoms with E-state index in [2.05, 4.69) is 35.3 Å². The number of anilines is 1. The van der Waals surface area contributed by atoms with Crippen LogP contribution in [0.2, 0.25) is 0 Å². The molecule has 1 saturated heterocycles. The molecular weight excluding hydrogens is 232 g/mol. The average molecular weight is 258 g/mol. The van der Waals surface area contributed by atoms with Crippen molar-refractivity contribution in [3.05, 3.63) is 29.3 Å². The lowest BCUT2D eigenvalue weighted by molar-refractivity contribution is 0.300. The van der Waals surface area contributed by atoms with Gasteiger partial charge in [0.15, 0.2) is 0 Å². The molecule has 0 aromatic heterocycles. The van der Waals surface area contributed by atoms with E-state index < -0.39 is 0 Å². The lowest BCUT2D eigenvalue weighted by atomic mass is 10.1. The largest absolute Gasteiger partial charge is 0.382 e. The highest BCUT2D eigenvalue weighted by molar-refractivity contribution is 5.50. The minimum absolute atomic E-state index is 0.663. The molecule has 104 valence electrons. The van der Waals surface area contributed by atoms with Crippen molar-refractivity contribution in [1.82, 2.24) is 4.90 Å². The monoisotopic (exact) mass is 258 g/mol. The van der Waals surface area contributed by atoms with E-state index in [0.29, 0.717) is 6.04 Å². The molecule has 1 unspecified atom stereocenters. The van der Waals surface area contributed by atoms with E-state index >= 15 is 0 Å². The van der Waals surface area contributed by atoms with Gasteiger partial charge < -0.3 is 10.2 Å². The molecule has 2 heteroatoms. The molecule has 1 aromatic rings. The molecular formula is C17H26N2. The average Bonchev–Trinajstić information content (AvgIpc) is 2.77. The van der Waals surface area contributed by atoms with E-state index in [1.807, 2.05) is 0 Å². The van der Waals surface area contributed by atoms with Gasteiger partial charge in [0.05, 0.1) is 0 Å². The van der Waals surface area contributed by atoms with E-state index in [0.717, 1.165) is 0 Å². The predicted molar refractivity (Wildman–Crippen MR) is 81.8 cm³/mol. The number of hydrogen-bond acceptors (Lipinski definition) is 2. The fourth-order valence-electron chi connectivity index (χ4n) is 3.51. The topological polar surface area (TPSA) is 15.3 Å². The second kappa shape index (κ2) is 5.96. The van der Waals surface area contributed by atoms with Crippen LogP contribution in [0.3, 0.4) is 0 Å². The zero-order valence-electron chi connectivity index (χ0n) is 12.1. The van der Waals surface area contributed by atoms with Crippen LogP contribution in [-0.2, 0) is 12.8 Å². The molecule has 2 nitrogen and oxygen atoms in total. The Hall–Kier alpha value is -1.02. The van der Waals surface area contributed by atoms with Crippen molar-refractivity contribution in [2.75, 3.05) is 25.0 Å². The summed E-state index contributed by atoms with van der Waals surface area (Å²) in [5.74, 6) is 0. The molecule has 19 heavy (non-hydrogen) atoms. The normalized spacial score (nSPS) is 23.9. The van der Waals surface area contributed by atoms with E-state index in [9.17, 15) is 0 Å². The molecule has 1 aromatic carbocycles. The zero-order valence-corrected chi connectivity index (χ0v) is 12.1. The highest BCUT2D eigenvalue weighted by Gasteiger charge is 2.17. The summed E-state index contributed by atoms with van der Waals surface area (Å²) in [7, 11) is 0. The molecule has 1 heterocycles. The van der Waals surface area contributed by atoms with Gasteiger partial charge >= 0.3 is 0 Å². The third-order valence-corrected chi connectivity index (χ3v) is 4.74. The van der Waals surface area contributed by atoms with Gasteiger partial charge in [-0.2, -0.15) is 0 Å². The molecule has 2 aliphatic rings. The van der Waals surface area contributed by atoms with Crippen molar-refractivity contribution >= 4 is 5.69 Å². The number of nitrogens with one attached hydrogen (secondary N) is 1. The lowest BCUT2D eigenvalue weighted by Gasteiger charge is -2.19. The first-order valence-corrected chi connectivity index (χ1v) is 7.96. The van der Waals surface area contributed by atoms with Crippen LogP contribution in [0.5, 0.6) is 0 Å². The van der Waals surface area contributed by atoms with Gasteiger partial charge in [0.1, 0.15) is 0 Å². The van der Waals surface area contributed by atoms with E-state index in [4.69, 9.17) is 0 Å². The molecule has 0 bridgehead atoms. The maximum Gasteiger partial charge on any atom is 0.0345 e. The molecule has 0 saturated carbocycles. The number of fused-ring (bicyclic) bond motifs is 1. The Bertz CT molecular complexity index is 427. The first kappa shape index (κ1) is 13.0. The molecule has 0 spiro atoms. The summed E-state index contributed by atoms with van der Waals surface area (Å²) in [6.07, 6.45) is 7.83. The fraction of sp³-hybridized carbons (Fsp3) is 0.647. The molecule has 3 rings (SSSR count). The van der Waals surface area contributed by atoms with Crippen molar-refractivity contribution < 1.29 is 0 Å². The zero-order chi connectivity index (χ0) is 13.1. The number of aryl methyl sites for hydroxylation is 2. The van der Waals surface area contributed by atoms with Crippen LogP contribution < -0.4 is 5.32 Å². The summed E-state index contributed by atoms with van der Waals surface area (Å²) in [5.41, 5.74) is 4.49. The van der Waals surface area contributed by atoms with Crippen LogP contribution in [0, 0.1) is 0 Å². The molecule has 1 N–H and O–H groups in total. The van der Waals surface area contributed by atoms with Gasteiger partial charge in [0, 0.05) is 18.3 Å². The van der Waals surface area contributed by atoms with Gasteiger partial charge in [0.25, 0.3) is 0 Å². The fourth-order valence-corrected chi connectivity index (χ4v) is 3.51. The highest BCUT2D eigenvalue weighted by Crippen LogP contribution is 2.26. The van der Waals surface area contributed by atoms with Crippen LogP contribution in [0.1, 0.15) is 43.7 Å². The quantitative estimate of drug-likeness (QED) is 0.893. The molecule has 1 fully saturated rings. The van der Waals surface area contributed by atoms with Gasteiger partial charge in [-0.25, -0.2) is 0 Å². The minimum Gasteiger partial charge on any atom is -0.382 e. The van der Waals surface area contributed by atoms with Crippen molar-refractivity contribution in [3.8, 4) is 0 Å². The summed E-state index contributed by atoms with van der Waals surface area (Å²) in [6, 6.07) is 7.67. The van der Waals surface area contributed by atoms with Crippen molar-refractivity contribution in [2.24, 2.45) is 0 Å². The number of likely N-dealkylation sites (tertiary alicyclic amines) is 1. The van der Waals surface area contributed by atoms with Gasteiger partial charge in [0.2, 0.25) is 0 Å². The molecule has 1 atom stereocenters. The van der Waals surface area contributed by atoms with Gasteiger partial charge in [-0.3, -0.25) is 0 Å². The van der Waals surface area contributed by atoms with Crippen LogP contribution in [0.4, 0.5) is 5.69 Å². The number of rotatable bonds is 3. The third-order valence-electron chi connectivity index (χ3n) is 4.74. The Morgan fingerprint density at radius 3 is 2.89 bits per heavy atom. The van der Waals surface area contributed by atoms with Gasteiger partial charge in [-0.15, -0.1) is 0 Å². The molecule has 1 aliphatic carbocycles. The van der Waals surface area contributed by atoms with E-state index in [1.54, 1.807) is 11.1 Å². The molecule has 0 radical (unpaired) electrons. The van der Waals surface area contributed by atoms with Crippen molar-refractivity contribution in [3.63, 3.8) is 0 Å². The summed E-state index contributed by atoms with van der Waals surface area (Å²) in [4.78, 5) is 2.57. The van der Waals surface area contributed by atoms with E-state index in [1.165, 1.54) is 63.8 Å².